The predicted molar refractivity (Wildman–Crippen MR) is 106 cm³/mol. The second-order valence-corrected chi connectivity index (χ2v) is 8.03. The zero-order valence-electron chi connectivity index (χ0n) is 16.3. The van der Waals surface area contributed by atoms with E-state index in [0.29, 0.717) is 12.5 Å². The van der Waals surface area contributed by atoms with Crippen molar-refractivity contribution in [2.75, 3.05) is 18.0 Å². The number of hydrogen-bond donors (Lipinski definition) is 1. The van der Waals surface area contributed by atoms with Crippen molar-refractivity contribution in [3.63, 3.8) is 0 Å². The minimum Gasteiger partial charge on any atom is -0.341 e. The summed E-state index contributed by atoms with van der Waals surface area (Å²) < 4.78 is 14.2. The van der Waals surface area contributed by atoms with Gasteiger partial charge in [0.25, 0.3) is 0 Å². The molecule has 4 nitrogen and oxygen atoms in total. The summed E-state index contributed by atoms with van der Waals surface area (Å²) in [5, 5.41) is 3.65. The fourth-order valence-electron chi connectivity index (χ4n) is 4.44. The summed E-state index contributed by atoms with van der Waals surface area (Å²) in [7, 11) is 0. The number of fused-ring (bicyclic) bond motifs is 1. The Kier molecular flexibility index (Phi) is 5.39. The Labute approximate surface area is 161 Å². The van der Waals surface area contributed by atoms with Crippen LogP contribution in [0, 0.1) is 18.7 Å². The molecular formula is C22H29FN4. The lowest BCUT2D eigenvalue weighted by Crippen LogP contribution is -2.33. The van der Waals surface area contributed by atoms with Gasteiger partial charge in [-0.1, -0.05) is 19.1 Å². The Morgan fingerprint density at radius 3 is 2.81 bits per heavy atom. The zero-order chi connectivity index (χ0) is 18.8. The highest BCUT2D eigenvalue weighted by Gasteiger charge is 2.28. The van der Waals surface area contributed by atoms with E-state index >= 15 is 0 Å². The molecule has 1 aromatic heterocycles. The van der Waals surface area contributed by atoms with Gasteiger partial charge in [-0.25, -0.2) is 14.4 Å². The number of rotatable bonds is 4. The van der Waals surface area contributed by atoms with E-state index in [2.05, 4.69) is 34.3 Å². The van der Waals surface area contributed by atoms with Gasteiger partial charge in [-0.05, 0) is 68.2 Å². The van der Waals surface area contributed by atoms with E-state index in [1.165, 1.54) is 19.3 Å². The predicted octanol–water partition coefficient (Wildman–Crippen LogP) is 4.33. The van der Waals surface area contributed by atoms with E-state index in [1.807, 2.05) is 13.0 Å². The third kappa shape index (κ3) is 3.98. The number of anilines is 1. The summed E-state index contributed by atoms with van der Waals surface area (Å²) in [6, 6.07) is 7.68. The minimum absolute atomic E-state index is 0.0727. The van der Waals surface area contributed by atoms with E-state index in [4.69, 9.17) is 4.98 Å². The van der Waals surface area contributed by atoms with Gasteiger partial charge < -0.3 is 10.2 Å². The van der Waals surface area contributed by atoms with Crippen LogP contribution in [-0.2, 0) is 13.0 Å². The van der Waals surface area contributed by atoms with Crippen molar-refractivity contribution in [1.82, 2.24) is 15.3 Å². The van der Waals surface area contributed by atoms with Gasteiger partial charge in [0.15, 0.2) is 0 Å². The number of hydrogen-bond acceptors (Lipinski definition) is 4. The van der Waals surface area contributed by atoms with Gasteiger partial charge in [-0.2, -0.15) is 0 Å². The Hall–Kier alpha value is -2.01. The maximum atomic E-state index is 14.2. The smallest absolute Gasteiger partial charge is 0.225 e. The Morgan fingerprint density at radius 2 is 2.00 bits per heavy atom. The summed E-state index contributed by atoms with van der Waals surface area (Å²) in [5.41, 5.74) is 4.00. The van der Waals surface area contributed by atoms with Crippen molar-refractivity contribution in [1.29, 1.82) is 0 Å². The van der Waals surface area contributed by atoms with Gasteiger partial charge in [-0.3, -0.25) is 0 Å². The molecule has 1 saturated heterocycles. The van der Waals surface area contributed by atoms with Crippen LogP contribution >= 0.6 is 0 Å². The molecule has 27 heavy (non-hydrogen) atoms. The first-order chi connectivity index (χ1) is 13.1. The number of nitrogens with zero attached hydrogens (tertiary/aromatic N) is 3. The van der Waals surface area contributed by atoms with Crippen molar-refractivity contribution in [3.05, 3.63) is 52.6 Å². The van der Waals surface area contributed by atoms with E-state index in [9.17, 15) is 4.39 Å². The molecule has 0 bridgehead atoms. The first-order valence-electron chi connectivity index (χ1n) is 10.2. The second kappa shape index (κ2) is 7.93. The lowest BCUT2D eigenvalue weighted by Gasteiger charge is -2.32. The third-order valence-electron chi connectivity index (χ3n) is 5.95. The van der Waals surface area contributed by atoms with Crippen molar-refractivity contribution in [3.8, 4) is 0 Å². The van der Waals surface area contributed by atoms with Crippen LogP contribution in [0.4, 0.5) is 10.3 Å². The fourth-order valence-corrected chi connectivity index (χ4v) is 4.44. The molecule has 4 rings (SSSR count). The summed E-state index contributed by atoms with van der Waals surface area (Å²) in [6.45, 7) is 7.04. The van der Waals surface area contributed by atoms with Gasteiger partial charge in [0.2, 0.25) is 5.95 Å². The molecule has 1 fully saturated rings. The highest BCUT2D eigenvalue weighted by atomic mass is 19.1. The Bertz CT molecular complexity index is 801. The molecule has 2 aliphatic rings. The van der Waals surface area contributed by atoms with Crippen LogP contribution in [0.2, 0.25) is 0 Å². The standard InChI is InChI=1S/C22H29FN4/c1-15-9-10-18-19(7-6-8-20(18)23)21(15)24-14-17-13-16(2)25-22(26-17)27-11-4-3-5-12-27/h6-8,13,15,21,24H,3-5,9-12,14H2,1-2H3/t15-,21+/m0/s1. The second-order valence-electron chi connectivity index (χ2n) is 8.03. The zero-order valence-corrected chi connectivity index (χ0v) is 16.3. The number of nitrogens with one attached hydrogen (secondary N) is 1. The Morgan fingerprint density at radius 1 is 1.19 bits per heavy atom. The summed E-state index contributed by atoms with van der Waals surface area (Å²) in [4.78, 5) is 11.8. The summed E-state index contributed by atoms with van der Waals surface area (Å²) in [5.74, 6) is 1.26. The van der Waals surface area contributed by atoms with Gasteiger partial charge in [0.1, 0.15) is 5.82 Å². The average Bonchev–Trinajstić information content (AvgIpc) is 2.68. The van der Waals surface area contributed by atoms with Crippen LogP contribution in [0.1, 0.15) is 61.2 Å². The highest BCUT2D eigenvalue weighted by molar-refractivity contribution is 5.35. The molecule has 0 spiro atoms. The molecule has 5 heteroatoms. The van der Waals surface area contributed by atoms with Crippen molar-refractivity contribution < 1.29 is 4.39 Å². The Balaban J connectivity index is 1.52. The molecule has 2 atom stereocenters. The molecule has 0 unspecified atom stereocenters. The van der Waals surface area contributed by atoms with Crippen LogP contribution in [0.15, 0.2) is 24.3 Å². The van der Waals surface area contributed by atoms with Crippen LogP contribution in [-0.4, -0.2) is 23.1 Å². The average molecular weight is 369 g/mol. The first-order valence-corrected chi connectivity index (χ1v) is 10.2. The number of aryl methyl sites for hydroxylation is 1. The number of piperidine rings is 1. The number of aromatic nitrogens is 2. The van der Waals surface area contributed by atoms with E-state index < -0.39 is 0 Å². The lowest BCUT2D eigenvalue weighted by molar-refractivity contribution is 0.337. The molecule has 0 amide bonds. The molecule has 0 saturated carbocycles. The molecular weight excluding hydrogens is 339 g/mol. The summed E-state index contributed by atoms with van der Waals surface area (Å²) >= 11 is 0. The molecule has 2 aromatic rings. The van der Waals surface area contributed by atoms with Crippen molar-refractivity contribution in [2.24, 2.45) is 5.92 Å². The van der Waals surface area contributed by atoms with Crippen LogP contribution in [0.5, 0.6) is 0 Å². The van der Waals surface area contributed by atoms with Crippen LogP contribution in [0.3, 0.4) is 0 Å². The maximum Gasteiger partial charge on any atom is 0.225 e. The van der Waals surface area contributed by atoms with E-state index in [0.717, 1.165) is 54.4 Å². The maximum absolute atomic E-state index is 14.2. The molecule has 144 valence electrons. The van der Waals surface area contributed by atoms with E-state index in [1.54, 1.807) is 6.07 Å². The molecule has 1 aliphatic heterocycles. The number of halogens is 1. The van der Waals surface area contributed by atoms with Crippen molar-refractivity contribution >= 4 is 5.95 Å². The molecule has 1 aliphatic carbocycles. The van der Waals surface area contributed by atoms with Gasteiger partial charge in [-0.15, -0.1) is 0 Å². The first kappa shape index (κ1) is 18.4. The normalized spacial score (nSPS) is 22.6. The largest absolute Gasteiger partial charge is 0.341 e. The van der Waals surface area contributed by atoms with Gasteiger partial charge in [0, 0.05) is 31.4 Å². The monoisotopic (exact) mass is 368 g/mol. The fraction of sp³-hybridized carbons (Fsp3) is 0.545. The molecule has 1 N–H and O–H groups in total. The molecule has 1 aromatic carbocycles. The highest BCUT2D eigenvalue weighted by Crippen LogP contribution is 2.35. The van der Waals surface area contributed by atoms with Gasteiger partial charge >= 0.3 is 0 Å². The van der Waals surface area contributed by atoms with E-state index in [-0.39, 0.29) is 11.9 Å². The van der Waals surface area contributed by atoms with Crippen molar-refractivity contribution in [2.45, 2.75) is 58.5 Å². The SMILES string of the molecule is Cc1cc(CN[C@H]2c3cccc(F)c3CC[C@@H]2C)nc(N2CCCCC2)n1. The quantitative estimate of drug-likeness (QED) is 0.872. The van der Waals surface area contributed by atoms with Crippen LogP contribution in [0.25, 0.3) is 0 Å². The van der Waals surface area contributed by atoms with Gasteiger partial charge in [0.05, 0.1) is 5.69 Å². The molecule has 0 radical (unpaired) electrons. The summed E-state index contributed by atoms with van der Waals surface area (Å²) in [6.07, 6.45) is 5.56. The number of benzene rings is 1. The molecule has 2 heterocycles. The lowest BCUT2D eigenvalue weighted by atomic mass is 9.80. The third-order valence-corrected chi connectivity index (χ3v) is 5.95. The minimum atomic E-state index is -0.0727. The van der Waals surface area contributed by atoms with Crippen LogP contribution < -0.4 is 10.2 Å². The topological polar surface area (TPSA) is 41.1 Å².